The zero-order valence-corrected chi connectivity index (χ0v) is 21.0. The van der Waals surface area contributed by atoms with Crippen LogP contribution >= 0.6 is 0 Å². The van der Waals surface area contributed by atoms with Crippen molar-refractivity contribution in [3.63, 3.8) is 0 Å². The molecule has 0 atom stereocenters. The molecule has 5 heteroatoms. The molecule has 0 bridgehead atoms. The van der Waals surface area contributed by atoms with Crippen molar-refractivity contribution in [2.24, 2.45) is 0 Å². The first-order chi connectivity index (χ1) is 17.4. The van der Waals surface area contributed by atoms with Gasteiger partial charge in [0.05, 0.1) is 11.9 Å². The number of pyridine rings is 1. The molecule has 0 aliphatic carbocycles. The minimum Gasteiger partial charge on any atom is -0.356 e. The highest BCUT2D eigenvalue weighted by Gasteiger charge is 2.10. The Morgan fingerprint density at radius 1 is 0.833 bits per heavy atom. The third kappa shape index (κ3) is 7.18. The van der Waals surface area contributed by atoms with Crippen molar-refractivity contribution in [3.05, 3.63) is 138 Å². The monoisotopic (exact) mass is 476 g/mol. The number of nitrogens with one attached hydrogen (secondary N) is 3. The van der Waals surface area contributed by atoms with Gasteiger partial charge in [-0.3, -0.25) is 4.79 Å². The molecular formula is C31H32N4O. The summed E-state index contributed by atoms with van der Waals surface area (Å²) in [4.78, 5) is 17.1. The molecule has 5 nitrogen and oxygen atoms in total. The number of nitrogens with zero attached hydrogens (tertiary/aromatic N) is 1. The molecule has 0 aliphatic heterocycles. The lowest BCUT2D eigenvalue weighted by Crippen LogP contribution is -2.13. The van der Waals surface area contributed by atoms with Crippen molar-refractivity contribution in [1.82, 2.24) is 4.98 Å². The quantitative estimate of drug-likeness (QED) is 0.263. The number of aromatic nitrogens is 1. The second-order valence-electron chi connectivity index (χ2n) is 8.21. The summed E-state index contributed by atoms with van der Waals surface area (Å²) in [5.74, 6) is -0.278. The number of carbonyl (C=O) groups excluding carboxylic acids is 1. The Labute approximate surface area is 213 Å². The zero-order chi connectivity index (χ0) is 25.9. The molecule has 0 unspecified atom stereocenters. The fourth-order valence-corrected chi connectivity index (χ4v) is 3.54. The summed E-state index contributed by atoms with van der Waals surface area (Å²) in [6, 6.07) is 17.3. The van der Waals surface area contributed by atoms with Crippen molar-refractivity contribution in [3.8, 4) is 0 Å². The standard InChI is InChI=1S/C31H32N4O/c1-6-9-24(10-7-2)33-25-14-16-26(17-15-25)35-31(36)30-19-18-27(21-32-30)34-29(11-8-3)28-20-22(4)12-13-23(28)5/h6-21,33-34H,1,3H2,2,4-5H3,(H,35,36)/b10-7-,24-9+,29-11+. The van der Waals surface area contributed by atoms with Gasteiger partial charge in [-0.05, 0) is 87.0 Å². The second-order valence-corrected chi connectivity index (χ2v) is 8.21. The third-order valence-electron chi connectivity index (χ3n) is 5.32. The summed E-state index contributed by atoms with van der Waals surface area (Å²) in [6.45, 7) is 13.7. The fraction of sp³-hybridized carbons (Fsp3) is 0.0968. The van der Waals surface area contributed by atoms with Crippen LogP contribution in [0.2, 0.25) is 0 Å². The van der Waals surface area contributed by atoms with Crippen molar-refractivity contribution < 1.29 is 4.79 Å². The van der Waals surface area contributed by atoms with Crippen molar-refractivity contribution in [1.29, 1.82) is 0 Å². The molecule has 0 aliphatic rings. The maximum atomic E-state index is 12.7. The van der Waals surface area contributed by atoms with Gasteiger partial charge in [0.1, 0.15) is 5.69 Å². The fourth-order valence-electron chi connectivity index (χ4n) is 3.54. The average molecular weight is 477 g/mol. The van der Waals surface area contributed by atoms with Crippen LogP contribution in [0.1, 0.15) is 34.1 Å². The number of hydrogen-bond donors (Lipinski definition) is 3. The summed E-state index contributed by atoms with van der Waals surface area (Å²) in [5.41, 5.74) is 7.95. The van der Waals surface area contributed by atoms with E-state index < -0.39 is 0 Å². The van der Waals surface area contributed by atoms with Crippen LogP contribution in [0.15, 0.2) is 116 Å². The van der Waals surface area contributed by atoms with Crippen LogP contribution in [0.4, 0.5) is 17.1 Å². The SMILES string of the molecule is C=C/C=C(\C=C/C)Nc1ccc(NC(=O)c2ccc(N/C(=C/C=C)c3cc(C)ccc3C)cn2)cc1. The Morgan fingerprint density at radius 3 is 2.11 bits per heavy atom. The van der Waals surface area contributed by atoms with Crippen LogP contribution in [0.5, 0.6) is 0 Å². The molecule has 3 rings (SSSR count). The van der Waals surface area contributed by atoms with Gasteiger partial charge in [0, 0.05) is 28.3 Å². The predicted molar refractivity (Wildman–Crippen MR) is 153 cm³/mol. The number of hydrogen-bond acceptors (Lipinski definition) is 4. The van der Waals surface area contributed by atoms with Gasteiger partial charge < -0.3 is 16.0 Å². The molecule has 36 heavy (non-hydrogen) atoms. The van der Waals surface area contributed by atoms with Crippen LogP contribution < -0.4 is 16.0 Å². The molecule has 0 saturated heterocycles. The lowest BCUT2D eigenvalue weighted by atomic mass is 10.0. The Hall–Kier alpha value is -4.64. The number of carbonyl (C=O) groups is 1. The highest BCUT2D eigenvalue weighted by atomic mass is 16.1. The minimum atomic E-state index is -0.278. The summed E-state index contributed by atoms with van der Waals surface area (Å²) >= 11 is 0. The molecule has 0 saturated carbocycles. The Bertz CT molecular complexity index is 1310. The van der Waals surface area contributed by atoms with Gasteiger partial charge in [-0.2, -0.15) is 0 Å². The Kier molecular flexibility index (Phi) is 9.18. The van der Waals surface area contributed by atoms with Crippen LogP contribution in [0.25, 0.3) is 5.70 Å². The van der Waals surface area contributed by atoms with Crippen LogP contribution in [-0.4, -0.2) is 10.9 Å². The van der Waals surface area contributed by atoms with E-state index in [1.54, 1.807) is 24.4 Å². The number of allylic oxidation sites excluding steroid dienone is 6. The molecule has 2 aromatic carbocycles. The smallest absolute Gasteiger partial charge is 0.274 e. The summed E-state index contributed by atoms with van der Waals surface area (Å²) < 4.78 is 0. The molecule has 0 fully saturated rings. The van der Waals surface area contributed by atoms with E-state index in [4.69, 9.17) is 0 Å². The van der Waals surface area contributed by atoms with E-state index in [-0.39, 0.29) is 5.91 Å². The van der Waals surface area contributed by atoms with Gasteiger partial charge >= 0.3 is 0 Å². The summed E-state index contributed by atoms with van der Waals surface area (Å²) in [5, 5.41) is 9.59. The molecule has 1 amide bonds. The van der Waals surface area contributed by atoms with Gasteiger partial charge in [0.15, 0.2) is 0 Å². The summed E-state index contributed by atoms with van der Waals surface area (Å²) in [6.07, 6.45) is 12.8. The zero-order valence-electron chi connectivity index (χ0n) is 21.0. The van der Waals surface area contributed by atoms with Gasteiger partial charge in [-0.25, -0.2) is 4.98 Å². The summed E-state index contributed by atoms with van der Waals surface area (Å²) in [7, 11) is 0. The highest BCUT2D eigenvalue weighted by molar-refractivity contribution is 6.03. The van der Waals surface area contributed by atoms with E-state index in [2.05, 4.69) is 66.1 Å². The molecule has 0 radical (unpaired) electrons. The van der Waals surface area contributed by atoms with E-state index in [0.29, 0.717) is 11.4 Å². The Balaban J connectivity index is 1.67. The van der Waals surface area contributed by atoms with Crippen LogP contribution in [0.3, 0.4) is 0 Å². The first-order valence-electron chi connectivity index (χ1n) is 11.7. The molecule has 3 aromatic rings. The number of benzene rings is 2. The first-order valence-corrected chi connectivity index (χ1v) is 11.7. The van der Waals surface area contributed by atoms with Crippen molar-refractivity contribution in [2.45, 2.75) is 20.8 Å². The van der Waals surface area contributed by atoms with Crippen molar-refractivity contribution in [2.75, 3.05) is 16.0 Å². The third-order valence-corrected chi connectivity index (χ3v) is 5.32. The van der Waals surface area contributed by atoms with E-state index in [1.807, 2.05) is 61.6 Å². The highest BCUT2D eigenvalue weighted by Crippen LogP contribution is 2.23. The van der Waals surface area contributed by atoms with E-state index in [0.717, 1.165) is 33.9 Å². The van der Waals surface area contributed by atoms with E-state index >= 15 is 0 Å². The van der Waals surface area contributed by atoms with Gasteiger partial charge in [0.2, 0.25) is 0 Å². The van der Waals surface area contributed by atoms with Crippen LogP contribution in [0, 0.1) is 13.8 Å². The lowest BCUT2D eigenvalue weighted by molar-refractivity contribution is 0.102. The van der Waals surface area contributed by atoms with Crippen molar-refractivity contribution >= 4 is 28.7 Å². The number of amides is 1. The normalized spacial score (nSPS) is 11.8. The molecule has 182 valence electrons. The predicted octanol–water partition coefficient (Wildman–Crippen LogP) is 7.65. The van der Waals surface area contributed by atoms with Crippen LogP contribution in [-0.2, 0) is 0 Å². The van der Waals surface area contributed by atoms with Gasteiger partial charge in [-0.1, -0.05) is 49.1 Å². The molecular weight excluding hydrogens is 444 g/mol. The van der Waals surface area contributed by atoms with Gasteiger partial charge in [0.25, 0.3) is 5.91 Å². The minimum absolute atomic E-state index is 0.278. The Morgan fingerprint density at radius 2 is 1.50 bits per heavy atom. The number of rotatable bonds is 10. The maximum absolute atomic E-state index is 12.7. The topological polar surface area (TPSA) is 66.0 Å². The second kappa shape index (κ2) is 12.7. The van der Waals surface area contributed by atoms with E-state index in [1.165, 1.54) is 5.56 Å². The molecule has 1 heterocycles. The maximum Gasteiger partial charge on any atom is 0.274 e. The average Bonchev–Trinajstić information content (AvgIpc) is 2.87. The molecule has 3 N–H and O–H groups in total. The molecule has 1 aromatic heterocycles. The number of anilines is 3. The van der Waals surface area contributed by atoms with Gasteiger partial charge in [-0.15, -0.1) is 0 Å². The molecule has 0 spiro atoms. The largest absolute Gasteiger partial charge is 0.356 e. The van der Waals surface area contributed by atoms with E-state index in [9.17, 15) is 4.79 Å². The number of aryl methyl sites for hydroxylation is 2. The lowest BCUT2D eigenvalue weighted by Gasteiger charge is -2.14. The first kappa shape index (κ1) is 26.0.